The first-order valence-corrected chi connectivity index (χ1v) is 14.4. The van der Waals surface area contributed by atoms with E-state index >= 15 is 0 Å². The minimum atomic E-state index is -0.587. The number of hydrogen-bond donors (Lipinski definition) is 1. The van der Waals surface area contributed by atoms with Gasteiger partial charge in [-0.15, -0.1) is 0 Å². The summed E-state index contributed by atoms with van der Waals surface area (Å²) in [6, 6.07) is 7.10. The number of anilines is 1. The van der Waals surface area contributed by atoms with Crippen LogP contribution in [0.3, 0.4) is 0 Å². The number of pyridine rings is 1. The quantitative estimate of drug-likeness (QED) is 0.230. The third-order valence-electron chi connectivity index (χ3n) is 8.38. The Labute approximate surface area is 246 Å². The van der Waals surface area contributed by atoms with E-state index in [-0.39, 0.29) is 35.6 Å². The van der Waals surface area contributed by atoms with E-state index < -0.39 is 6.04 Å². The number of carbonyl (C=O) groups is 3. The average molecular weight is 616 g/mol. The molecule has 1 aromatic carbocycles. The molecule has 1 saturated carbocycles. The molecule has 0 bridgehead atoms. The molecular formula is C31H31BrN6O3. The summed E-state index contributed by atoms with van der Waals surface area (Å²) in [7, 11) is 0. The number of nitrogens with zero attached hydrogens (tertiary/aromatic N) is 5. The summed E-state index contributed by atoms with van der Waals surface area (Å²) in [6.07, 6.45) is 6.79. The summed E-state index contributed by atoms with van der Waals surface area (Å²) in [5.41, 5.74) is 4.97. The van der Waals surface area contributed by atoms with Crippen molar-refractivity contribution in [3.05, 3.63) is 70.0 Å². The van der Waals surface area contributed by atoms with Gasteiger partial charge in [0.2, 0.25) is 11.8 Å². The maximum atomic E-state index is 13.9. The molecule has 2 amide bonds. The fraction of sp³-hybridized carbons (Fsp3) is 0.355. The van der Waals surface area contributed by atoms with Gasteiger partial charge in [0, 0.05) is 41.1 Å². The number of likely N-dealkylation sites (tertiary alicyclic amines) is 1. The van der Waals surface area contributed by atoms with Crippen molar-refractivity contribution in [1.82, 2.24) is 24.4 Å². The van der Waals surface area contributed by atoms with E-state index in [1.54, 1.807) is 29.6 Å². The van der Waals surface area contributed by atoms with Crippen LogP contribution in [0.5, 0.6) is 0 Å². The molecule has 1 N–H and O–H groups in total. The summed E-state index contributed by atoms with van der Waals surface area (Å²) in [5, 5.41) is 3.70. The molecular weight excluding hydrogens is 584 g/mol. The van der Waals surface area contributed by atoms with Crippen LogP contribution in [0, 0.1) is 26.2 Å². The molecule has 2 aliphatic rings. The number of fused-ring (bicyclic) bond motifs is 2. The van der Waals surface area contributed by atoms with E-state index in [0.717, 1.165) is 39.6 Å². The van der Waals surface area contributed by atoms with Gasteiger partial charge >= 0.3 is 0 Å². The van der Waals surface area contributed by atoms with Crippen molar-refractivity contribution < 1.29 is 14.4 Å². The summed E-state index contributed by atoms with van der Waals surface area (Å²) in [6.45, 7) is 9.43. The Morgan fingerprint density at radius 3 is 2.46 bits per heavy atom. The molecule has 210 valence electrons. The molecule has 1 aliphatic heterocycles. The Bertz CT molecular complexity index is 1730. The van der Waals surface area contributed by atoms with E-state index in [1.165, 1.54) is 6.92 Å². The summed E-state index contributed by atoms with van der Waals surface area (Å²) >= 11 is 3.38. The number of benzene rings is 1. The Morgan fingerprint density at radius 2 is 1.78 bits per heavy atom. The van der Waals surface area contributed by atoms with Crippen molar-refractivity contribution in [2.45, 2.75) is 66.1 Å². The first-order valence-electron chi connectivity index (χ1n) is 13.6. The van der Waals surface area contributed by atoms with Crippen molar-refractivity contribution in [2.75, 3.05) is 5.32 Å². The van der Waals surface area contributed by atoms with Crippen LogP contribution >= 0.6 is 15.9 Å². The van der Waals surface area contributed by atoms with Crippen LogP contribution in [0.4, 0.5) is 5.82 Å². The highest BCUT2D eigenvalue weighted by molar-refractivity contribution is 9.10. The summed E-state index contributed by atoms with van der Waals surface area (Å²) in [4.78, 5) is 54.8. The highest BCUT2D eigenvalue weighted by Crippen LogP contribution is 2.59. The van der Waals surface area contributed by atoms with Crippen LogP contribution in [0.2, 0.25) is 0 Å². The van der Waals surface area contributed by atoms with Gasteiger partial charge in [0.25, 0.3) is 0 Å². The maximum Gasteiger partial charge on any atom is 0.248 e. The maximum absolute atomic E-state index is 13.9. The zero-order chi connectivity index (χ0) is 29.2. The number of piperidine rings is 1. The molecule has 9 nitrogen and oxygen atoms in total. The Morgan fingerprint density at radius 1 is 1.05 bits per heavy atom. The lowest BCUT2D eigenvalue weighted by Gasteiger charge is -2.27. The second-order valence-corrected chi connectivity index (χ2v) is 12.5. The monoisotopic (exact) mass is 614 g/mol. The average Bonchev–Trinajstić information content (AvgIpc) is 3.25. The summed E-state index contributed by atoms with van der Waals surface area (Å²) < 4.78 is 2.49. The topological polar surface area (TPSA) is 110 Å². The molecule has 6 rings (SSSR count). The first kappa shape index (κ1) is 27.3. The van der Waals surface area contributed by atoms with Gasteiger partial charge in [0.1, 0.15) is 28.8 Å². The lowest BCUT2D eigenvalue weighted by molar-refractivity contribution is -0.138. The van der Waals surface area contributed by atoms with Crippen molar-refractivity contribution in [1.29, 1.82) is 0 Å². The van der Waals surface area contributed by atoms with Crippen LogP contribution in [0.1, 0.15) is 54.0 Å². The third-order valence-corrected chi connectivity index (χ3v) is 8.78. The molecule has 10 heteroatoms. The highest BCUT2D eigenvalue weighted by atomic mass is 79.9. The zero-order valence-corrected chi connectivity index (χ0v) is 25.2. The number of aromatic nitrogens is 4. The minimum Gasteiger partial charge on any atom is -0.337 e. The number of amides is 2. The smallest absolute Gasteiger partial charge is 0.248 e. The Kier molecular flexibility index (Phi) is 6.56. The molecule has 3 aromatic heterocycles. The highest BCUT2D eigenvalue weighted by Gasteiger charge is 2.64. The second-order valence-electron chi connectivity index (χ2n) is 11.7. The van der Waals surface area contributed by atoms with Gasteiger partial charge in [-0.2, -0.15) is 0 Å². The van der Waals surface area contributed by atoms with Crippen molar-refractivity contribution >= 4 is 50.2 Å². The SMILES string of the molecule is CC(=O)c1cn(CC(=O)N2[C@H](C(=O)Nc3cc(C)cc(Br)n3)C[C@@]3(C)C[C@@H]23)c2c(C)cc(-c3cnc(C)nc3)cc12. The van der Waals surface area contributed by atoms with Gasteiger partial charge in [0.05, 0.1) is 5.52 Å². The summed E-state index contributed by atoms with van der Waals surface area (Å²) in [5.74, 6) is 0.678. The van der Waals surface area contributed by atoms with Crippen LogP contribution in [0.15, 0.2) is 47.5 Å². The Hall–Kier alpha value is -3.92. The molecule has 0 unspecified atom stereocenters. The first-order chi connectivity index (χ1) is 19.4. The molecule has 4 heterocycles. The predicted octanol–water partition coefficient (Wildman–Crippen LogP) is 5.40. The number of rotatable bonds is 6. The number of aryl methyl sites for hydroxylation is 3. The van der Waals surface area contributed by atoms with E-state index in [0.29, 0.717) is 28.2 Å². The van der Waals surface area contributed by atoms with E-state index in [2.05, 4.69) is 43.1 Å². The fourth-order valence-corrected chi connectivity index (χ4v) is 6.81. The van der Waals surface area contributed by atoms with E-state index in [9.17, 15) is 14.4 Å². The number of ketones is 1. The molecule has 4 aromatic rings. The largest absolute Gasteiger partial charge is 0.337 e. The van der Waals surface area contributed by atoms with Gasteiger partial charge < -0.3 is 14.8 Å². The Balaban J connectivity index is 1.31. The number of hydrogen-bond acceptors (Lipinski definition) is 6. The van der Waals surface area contributed by atoms with Crippen LogP contribution in [-0.4, -0.2) is 54.1 Å². The van der Waals surface area contributed by atoms with Gasteiger partial charge in [-0.3, -0.25) is 14.4 Å². The lowest BCUT2D eigenvalue weighted by Crippen LogP contribution is -2.46. The van der Waals surface area contributed by atoms with Gasteiger partial charge in [-0.25, -0.2) is 15.0 Å². The van der Waals surface area contributed by atoms with Crippen molar-refractivity contribution in [3.8, 4) is 11.1 Å². The number of halogens is 1. The van der Waals surface area contributed by atoms with Crippen LogP contribution < -0.4 is 5.32 Å². The number of Topliss-reactive ketones (excluding diaryl/α,β-unsaturated/α-hetero) is 1. The second kappa shape index (κ2) is 9.87. The molecule has 0 spiro atoms. The lowest BCUT2D eigenvalue weighted by atomic mass is 10.0. The molecule has 0 radical (unpaired) electrons. The molecule has 1 aliphatic carbocycles. The standard InChI is InChI=1S/C31H31BrN6O3/c1-16-6-26(32)35-27(7-16)36-30(41)24-10-31(5)11-25(31)38(24)28(40)15-37-14-23(18(3)39)22-9-20(8-17(2)29(22)37)21-12-33-19(4)34-13-21/h6-9,12-14,24-25H,10-11,15H2,1-5H3,(H,35,36,41)/t24-,25+,31-/m0/s1. The zero-order valence-electron chi connectivity index (χ0n) is 23.7. The van der Waals surface area contributed by atoms with Crippen molar-refractivity contribution in [3.63, 3.8) is 0 Å². The minimum absolute atomic E-state index is 0.0197. The molecule has 3 atom stereocenters. The van der Waals surface area contributed by atoms with E-state index in [1.807, 2.05) is 43.5 Å². The third kappa shape index (κ3) is 4.94. The van der Waals surface area contributed by atoms with Gasteiger partial charge in [0.15, 0.2) is 5.78 Å². The van der Waals surface area contributed by atoms with Crippen molar-refractivity contribution in [2.24, 2.45) is 5.41 Å². The number of carbonyl (C=O) groups excluding carboxylic acids is 3. The predicted molar refractivity (Wildman–Crippen MR) is 160 cm³/mol. The van der Waals surface area contributed by atoms with Crippen LogP contribution in [-0.2, 0) is 16.1 Å². The van der Waals surface area contributed by atoms with Crippen LogP contribution in [0.25, 0.3) is 22.0 Å². The van der Waals surface area contributed by atoms with Gasteiger partial charge in [-0.05, 0) is 103 Å². The fourth-order valence-electron chi connectivity index (χ4n) is 6.26. The van der Waals surface area contributed by atoms with E-state index in [4.69, 9.17) is 0 Å². The molecule has 41 heavy (non-hydrogen) atoms. The van der Waals surface area contributed by atoms with Gasteiger partial charge in [-0.1, -0.05) is 6.92 Å². The number of nitrogens with one attached hydrogen (secondary N) is 1. The molecule has 2 fully saturated rings. The molecule has 1 saturated heterocycles. The normalized spacial score (nSPS) is 21.2.